The summed E-state index contributed by atoms with van der Waals surface area (Å²) in [5.41, 5.74) is 3.02. The molecule has 1 fully saturated rings. The Morgan fingerprint density at radius 1 is 1.31 bits per heavy atom. The van der Waals surface area contributed by atoms with E-state index in [1.807, 2.05) is 6.92 Å². The maximum absolute atomic E-state index is 12.1. The molecule has 1 unspecified atom stereocenters. The zero-order chi connectivity index (χ0) is 22.7. The Morgan fingerprint density at radius 3 is 2.75 bits per heavy atom. The van der Waals surface area contributed by atoms with Crippen molar-refractivity contribution in [1.29, 1.82) is 5.26 Å². The lowest BCUT2D eigenvalue weighted by Crippen LogP contribution is -2.49. The fourth-order valence-electron chi connectivity index (χ4n) is 4.36. The van der Waals surface area contributed by atoms with E-state index in [-0.39, 0.29) is 22.9 Å². The molecule has 0 radical (unpaired) electrons. The highest BCUT2D eigenvalue weighted by atomic mass is 16.1. The highest BCUT2D eigenvalue weighted by Crippen LogP contribution is 2.30. The summed E-state index contributed by atoms with van der Waals surface area (Å²) in [4.78, 5) is 40.1. The Bertz CT molecular complexity index is 1140. The third-order valence-electron chi connectivity index (χ3n) is 6.22. The Labute approximate surface area is 186 Å². The maximum Gasteiger partial charge on any atom is 0.269 e. The Balaban J connectivity index is 1.42. The van der Waals surface area contributed by atoms with E-state index in [1.165, 1.54) is 0 Å². The highest BCUT2D eigenvalue weighted by molar-refractivity contribution is 5.92. The molecular formula is C23H27N7O2. The molecule has 2 aromatic heterocycles. The van der Waals surface area contributed by atoms with Crippen LogP contribution in [0.3, 0.4) is 0 Å². The number of aromatic amines is 1. The molecule has 32 heavy (non-hydrogen) atoms. The predicted octanol–water partition coefficient (Wildman–Crippen LogP) is 1.33. The summed E-state index contributed by atoms with van der Waals surface area (Å²) >= 11 is 0. The summed E-state index contributed by atoms with van der Waals surface area (Å²) < 4.78 is 0. The minimum absolute atomic E-state index is 0.0557. The number of H-pyrrole nitrogens is 1. The first-order valence-electron chi connectivity index (χ1n) is 11.0. The molecule has 1 aliphatic carbocycles. The molecule has 166 valence electrons. The van der Waals surface area contributed by atoms with Crippen LogP contribution in [0.15, 0.2) is 29.2 Å². The van der Waals surface area contributed by atoms with Crippen molar-refractivity contribution in [3.8, 4) is 6.07 Å². The van der Waals surface area contributed by atoms with E-state index in [1.54, 1.807) is 25.4 Å². The number of hydrogen-bond acceptors (Lipinski definition) is 7. The third kappa shape index (κ3) is 4.27. The number of pyridine rings is 1. The van der Waals surface area contributed by atoms with E-state index in [2.05, 4.69) is 42.2 Å². The normalized spacial score (nSPS) is 18.8. The zero-order valence-electron chi connectivity index (χ0n) is 18.4. The van der Waals surface area contributed by atoms with Crippen molar-refractivity contribution in [1.82, 2.24) is 25.2 Å². The molecule has 4 rings (SSSR count). The molecule has 0 aromatic carbocycles. The van der Waals surface area contributed by atoms with E-state index >= 15 is 0 Å². The number of carbonyl (C=O) groups is 1. The number of hydrogen-bond donors (Lipinski definition) is 2. The Kier molecular flexibility index (Phi) is 6.32. The van der Waals surface area contributed by atoms with Gasteiger partial charge in [-0.3, -0.25) is 14.5 Å². The average molecular weight is 434 g/mol. The summed E-state index contributed by atoms with van der Waals surface area (Å²) in [5.74, 6) is 0.371. The van der Waals surface area contributed by atoms with Crippen LogP contribution in [-0.4, -0.2) is 65.0 Å². The molecule has 0 bridgehead atoms. The van der Waals surface area contributed by atoms with Gasteiger partial charge in [0.15, 0.2) is 5.69 Å². The topological polar surface area (TPSA) is 118 Å². The first-order chi connectivity index (χ1) is 15.5. The molecule has 1 saturated heterocycles. The molecular weight excluding hydrogens is 406 g/mol. The van der Waals surface area contributed by atoms with Crippen LogP contribution in [0.25, 0.3) is 5.57 Å². The number of aryl methyl sites for hydroxylation is 1. The summed E-state index contributed by atoms with van der Waals surface area (Å²) in [6, 6.07) is 5.90. The van der Waals surface area contributed by atoms with Gasteiger partial charge < -0.3 is 15.2 Å². The van der Waals surface area contributed by atoms with Crippen LogP contribution in [0.5, 0.6) is 0 Å². The molecule has 2 aromatic rings. The van der Waals surface area contributed by atoms with Crippen molar-refractivity contribution < 1.29 is 4.79 Å². The maximum atomic E-state index is 12.1. The standard InChI is InChI=1S/C23H27N7O2/c1-3-15-14-26-21(28-22(15)31)16-4-5-17(12-16)29-8-10-30(11-9-29)20-7-6-18(23(32)25-2)27-19(20)13-24/h6-7,12,14,17H,3-5,8-11H2,1-2H3,(H,25,32)(H,26,28,31). The number of nitrogens with zero attached hydrogens (tertiary/aromatic N) is 5. The molecule has 1 amide bonds. The molecule has 2 N–H and O–H groups in total. The lowest BCUT2D eigenvalue weighted by molar-refractivity contribution is 0.0958. The number of aromatic nitrogens is 3. The molecule has 0 spiro atoms. The smallest absolute Gasteiger partial charge is 0.269 e. The van der Waals surface area contributed by atoms with E-state index in [0.717, 1.165) is 50.3 Å². The van der Waals surface area contributed by atoms with Crippen LogP contribution >= 0.6 is 0 Å². The van der Waals surface area contributed by atoms with Gasteiger partial charge in [0.1, 0.15) is 17.6 Å². The van der Waals surface area contributed by atoms with Crippen molar-refractivity contribution in [3.63, 3.8) is 0 Å². The van der Waals surface area contributed by atoms with Crippen molar-refractivity contribution in [3.05, 3.63) is 57.5 Å². The zero-order valence-corrected chi connectivity index (χ0v) is 18.4. The first kappa shape index (κ1) is 21.7. The quantitative estimate of drug-likeness (QED) is 0.730. The van der Waals surface area contributed by atoms with E-state index in [0.29, 0.717) is 23.9 Å². The minimum Gasteiger partial charge on any atom is -0.367 e. The minimum atomic E-state index is -0.304. The second kappa shape index (κ2) is 9.32. The predicted molar refractivity (Wildman–Crippen MR) is 121 cm³/mol. The van der Waals surface area contributed by atoms with Gasteiger partial charge in [-0.15, -0.1) is 0 Å². The summed E-state index contributed by atoms with van der Waals surface area (Å²) in [7, 11) is 1.54. The number of anilines is 1. The van der Waals surface area contributed by atoms with Gasteiger partial charge in [-0.1, -0.05) is 13.0 Å². The van der Waals surface area contributed by atoms with Crippen LogP contribution in [0.1, 0.15) is 47.3 Å². The molecule has 9 nitrogen and oxygen atoms in total. The average Bonchev–Trinajstić information content (AvgIpc) is 3.33. The Hall–Kier alpha value is -3.51. The second-order valence-electron chi connectivity index (χ2n) is 8.02. The van der Waals surface area contributed by atoms with Gasteiger partial charge >= 0.3 is 0 Å². The number of carbonyl (C=O) groups excluding carboxylic acids is 1. The molecule has 1 aliphatic heterocycles. The van der Waals surface area contributed by atoms with Crippen LogP contribution < -0.4 is 15.8 Å². The lowest BCUT2D eigenvalue weighted by atomic mass is 10.1. The Morgan fingerprint density at radius 2 is 2.09 bits per heavy atom. The molecule has 9 heteroatoms. The molecule has 2 aliphatic rings. The van der Waals surface area contributed by atoms with Gasteiger partial charge in [0, 0.05) is 51.0 Å². The number of nitriles is 1. The van der Waals surface area contributed by atoms with Crippen LogP contribution in [0.2, 0.25) is 0 Å². The van der Waals surface area contributed by atoms with E-state index in [4.69, 9.17) is 0 Å². The van der Waals surface area contributed by atoms with E-state index < -0.39 is 0 Å². The van der Waals surface area contributed by atoms with Crippen LogP contribution in [0, 0.1) is 11.3 Å². The van der Waals surface area contributed by atoms with Gasteiger partial charge in [0.25, 0.3) is 11.5 Å². The van der Waals surface area contributed by atoms with Gasteiger partial charge in [0.05, 0.1) is 5.69 Å². The fraction of sp³-hybridized carbons (Fsp3) is 0.435. The van der Waals surface area contributed by atoms with Crippen LogP contribution in [0.4, 0.5) is 5.69 Å². The van der Waals surface area contributed by atoms with Gasteiger partial charge in [-0.2, -0.15) is 5.26 Å². The van der Waals surface area contributed by atoms with Crippen molar-refractivity contribution in [2.24, 2.45) is 0 Å². The number of piperazine rings is 1. The first-order valence-corrected chi connectivity index (χ1v) is 11.0. The van der Waals surface area contributed by atoms with Gasteiger partial charge in [0.2, 0.25) is 0 Å². The molecule has 3 heterocycles. The van der Waals surface area contributed by atoms with Crippen molar-refractivity contribution >= 4 is 17.2 Å². The monoisotopic (exact) mass is 433 g/mol. The molecule has 1 atom stereocenters. The van der Waals surface area contributed by atoms with Crippen molar-refractivity contribution in [2.75, 3.05) is 38.1 Å². The SMILES string of the molecule is CCc1cnc(C2=CC(N3CCN(c4ccc(C(=O)NC)nc4C#N)CC3)CC2)[nH]c1=O. The third-order valence-corrected chi connectivity index (χ3v) is 6.22. The summed E-state index contributed by atoms with van der Waals surface area (Å²) in [5, 5.41) is 12.1. The number of allylic oxidation sites excluding steroid dienone is 1. The van der Waals surface area contributed by atoms with Gasteiger partial charge in [-0.05, 0) is 37.0 Å². The number of rotatable bonds is 5. The van der Waals surface area contributed by atoms with Gasteiger partial charge in [-0.25, -0.2) is 9.97 Å². The fourth-order valence-corrected chi connectivity index (χ4v) is 4.36. The lowest BCUT2D eigenvalue weighted by Gasteiger charge is -2.38. The molecule has 0 saturated carbocycles. The van der Waals surface area contributed by atoms with Crippen molar-refractivity contribution in [2.45, 2.75) is 32.2 Å². The highest BCUT2D eigenvalue weighted by Gasteiger charge is 2.28. The second-order valence-corrected chi connectivity index (χ2v) is 8.02. The summed E-state index contributed by atoms with van der Waals surface area (Å²) in [6.07, 6.45) is 6.46. The summed E-state index contributed by atoms with van der Waals surface area (Å²) in [6.45, 7) is 5.21. The van der Waals surface area contributed by atoms with E-state index in [9.17, 15) is 14.9 Å². The largest absolute Gasteiger partial charge is 0.367 e. The van der Waals surface area contributed by atoms with Crippen LogP contribution in [-0.2, 0) is 6.42 Å². The number of nitrogens with one attached hydrogen (secondary N) is 2. The number of amides is 1.